The Bertz CT molecular complexity index is 647. The molecule has 0 aliphatic rings. The Hall–Kier alpha value is -1.72. The summed E-state index contributed by atoms with van der Waals surface area (Å²) < 4.78 is 0.842. The van der Waals surface area contributed by atoms with E-state index in [0.29, 0.717) is 22.1 Å². The average Bonchev–Trinajstić information content (AvgIpc) is 2.32. The van der Waals surface area contributed by atoms with Crippen LogP contribution < -0.4 is 11.1 Å². The Labute approximate surface area is 123 Å². The second kappa shape index (κ2) is 5.50. The van der Waals surface area contributed by atoms with E-state index in [-0.39, 0.29) is 5.56 Å². The Balaban J connectivity index is 2.42. The molecule has 0 unspecified atom stereocenters. The molecule has 0 spiro atoms. The van der Waals surface area contributed by atoms with Gasteiger partial charge in [-0.1, -0.05) is 27.5 Å². The van der Waals surface area contributed by atoms with E-state index in [4.69, 9.17) is 22.4 Å². The molecule has 2 rings (SSSR count). The maximum Gasteiger partial charge on any atom is 0.337 e. The Kier molecular flexibility index (Phi) is 3.97. The molecule has 0 bridgehead atoms. The van der Waals surface area contributed by atoms with Crippen molar-refractivity contribution in [3.8, 4) is 0 Å². The number of hydrogen-bond donors (Lipinski definition) is 3. The number of carbonyl (C=O) groups is 1. The highest BCUT2D eigenvalue weighted by Crippen LogP contribution is 2.30. The van der Waals surface area contributed by atoms with Crippen LogP contribution in [0.15, 0.2) is 40.9 Å². The minimum Gasteiger partial charge on any atom is -0.478 e. The minimum absolute atomic E-state index is 0.133. The van der Waals surface area contributed by atoms with E-state index >= 15 is 0 Å². The van der Waals surface area contributed by atoms with E-state index in [9.17, 15) is 4.79 Å². The Morgan fingerprint density at radius 1 is 1.21 bits per heavy atom. The molecule has 0 heterocycles. The maximum absolute atomic E-state index is 11.1. The van der Waals surface area contributed by atoms with Crippen molar-refractivity contribution in [2.75, 3.05) is 11.1 Å². The number of nitrogens with one attached hydrogen (secondary N) is 1. The zero-order valence-corrected chi connectivity index (χ0v) is 12.0. The molecule has 4 N–H and O–H groups in total. The standard InChI is InChI=1S/C13H10BrClN2O2/c14-7-1-4-11(10(15)5-7)17-12-6-8(16)2-3-9(12)13(18)19/h1-6,17H,16H2,(H,18,19). The summed E-state index contributed by atoms with van der Waals surface area (Å²) in [6.07, 6.45) is 0. The molecule has 4 nitrogen and oxygen atoms in total. The lowest BCUT2D eigenvalue weighted by atomic mass is 10.1. The lowest BCUT2D eigenvalue weighted by Crippen LogP contribution is -2.03. The third-order valence-corrected chi connectivity index (χ3v) is 3.28. The van der Waals surface area contributed by atoms with Gasteiger partial charge in [0.2, 0.25) is 0 Å². The fourth-order valence-corrected chi connectivity index (χ4v) is 2.31. The molecule has 0 aromatic heterocycles. The average molecular weight is 342 g/mol. The third kappa shape index (κ3) is 3.19. The van der Waals surface area contributed by atoms with Gasteiger partial charge in [0.15, 0.2) is 0 Å². The molecule has 0 saturated heterocycles. The lowest BCUT2D eigenvalue weighted by molar-refractivity contribution is 0.0698. The van der Waals surface area contributed by atoms with Crippen molar-refractivity contribution in [3.63, 3.8) is 0 Å². The van der Waals surface area contributed by atoms with Crippen molar-refractivity contribution in [1.29, 1.82) is 0 Å². The molecule has 0 atom stereocenters. The van der Waals surface area contributed by atoms with Crippen LogP contribution in [-0.2, 0) is 0 Å². The van der Waals surface area contributed by atoms with Gasteiger partial charge in [-0.2, -0.15) is 0 Å². The van der Waals surface area contributed by atoms with Crippen LogP contribution in [0.1, 0.15) is 10.4 Å². The molecule has 6 heteroatoms. The van der Waals surface area contributed by atoms with E-state index in [1.807, 2.05) is 0 Å². The van der Waals surface area contributed by atoms with E-state index in [1.54, 1.807) is 24.3 Å². The molecule has 0 radical (unpaired) electrons. The van der Waals surface area contributed by atoms with Crippen molar-refractivity contribution in [2.45, 2.75) is 0 Å². The van der Waals surface area contributed by atoms with E-state index in [1.165, 1.54) is 12.1 Å². The largest absolute Gasteiger partial charge is 0.478 e. The number of nitrogens with two attached hydrogens (primary N) is 1. The number of carboxylic acid groups (broad SMARTS) is 1. The summed E-state index contributed by atoms with van der Waals surface area (Å²) in [6.45, 7) is 0. The van der Waals surface area contributed by atoms with E-state index < -0.39 is 5.97 Å². The molecule has 19 heavy (non-hydrogen) atoms. The van der Waals surface area contributed by atoms with Gasteiger partial charge in [-0.25, -0.2) is 4.79 Å². The molecule has 0 fully saturated rings. The molecular weight excluding hydrogens is 332 g/mol. The third-order valence-electron chi connectivity index (χ3n) is 2.47. The van der Waals surface area contributed by atoms with Crippen LogP contribution in [0.5, 0.6) is 0 Å². The lowest BCUT2D eigenvalue weighted by Gasteiger charge is -2.12. The number of hydrogen-bond acceptors (Lipinski definition) is 3. The van der Waals surface area contributed by atoms with Crippen LogP contribution in [0.3, 0.4) is 0 Å². The van der Waals surface area contributed by atoms with Crippen LogP contribution >= 0.6 is 27.5 Å². The number of halogens is 2. The zero-order valence-electron chi connectivity index (χ0n) is 9.65. The first-order chi connectivity index (χ1) is 8.97. The zero-order chi connectivity index (χ0) is 14.0. The molecule has 0 aliphatic heterocycles. The van der Waals surface area contributed by atoms with Crippen molar-refractivity contribution in [2.24, 2.45) is 0 Å². The van der Waals surface area contributed by atoms with E-state index in [0.717, 1.165) is 4.47 Å². The fraction of sp³-hybridized carbons (Fsp3) is 0. The van der Waals surface area contributed by atoms with Crippen LogP contribution in [0.4, 0.5) is 17.1 Å². The second-order valence-electron chi connectivity index (χ2n) is 3.86. The van der Waals surface area contributed by atoms with Gasteiger partial charge in [0.05, 0.1) is 22.0 Å². The summed E-state index contributed by atoms with van der Waals surface area (Å²) in [5.41, 5.74) is 7.28. The maximum atomic E-state index is 11.1. The van der Waals surface area contributed by atoms with Gasteiger partial charge in [0, 0.05) is 10.2 Å². The SMILES string of the molecule is Nc1ccc(C(=O)O)c(Nc2ccc(Br)cc2Cl)c1. The number of rotatable bonds is 3. The fourth-order valence-electron chi connectivity index (χ4n) is 1.59. The topological polar surface area (TPSA) is 75.4 Å². The highest BCUT2D eigenvalue weighted by Gasteiger charge is 2.11. The predicted molar refractivity (Wildman–Crippen MR) is 80.2 cm³/mol. The van der Waals surface area contributed by atoms with Crippen molar-refractivity contribution < 1.29 is 9.90 Å². The summed E-state index contributed by atoms with van der Waals surface area (Å²) >= 11 is 9.38. The predicted octanol–water partition coefficient (Wildman–Crippen LogP) is 4.13. The summed E-state index contributed by atoms with van der Waals surface area (Å²) in [5.74, 6) is -1.03. The van der Waals surface area contributed by atoms with Crippen molar-refractivity contribution in [3.05, 3.63) is 51.5 Å². The smallest absolute Gasteiger partial charge is 0.337 e. The van der Waals surface area contributed by atoms with Crippen molar-refractivity contribution >= 4 is 50.6 Å². The van der Waals surface area contributed by atoms with E-state index in [2.05, 4.69) is 21.2 Å². The van der Waals surface area contributed by atoms with Crippen LogP contribution in [0.25, 0.3) is 0 Å². The van der Waals surface area contributed by atoms with Gasteiger partial charge in [0.1, 0.15) is 0 Å². The van der Waals surface area contributed by atoms with Crippen LogP contribution in [0, 0.1) is 0 Å². The van der Waals surface area contributed by atoms with Crippen LogP contribution in [-0.4, -0.2) is 11.1 Å². The Morgan fingerprint density at radius 2 is 1.95 bits per heavy atom. The molecule has 2 aromatic carbocycles. The number of carboxylic acids is 1. The highest BCUT2D eigenvalue weighted by molar-refractivity contribution is 9.10. The summed E-state index contributed by atoms with van der Waals surface area (Å²) in [6, 6.07) is 9.82. The minimum atomic E-state index is -1.03. The van der Waals surface area contributed by atoms with Gasteiger partial charge in [-0.05, 0) is 36.4 Å². The molecule has 2 aromatic rings. The molecule has 0 saturated carbocycles. The van der Waals surface area contributed by atoms with Gasteiger partial charge in [-0.3, -0.25) is 0 Å². The Morgan fingerprint density at radius 3 is 2.58 bits per heavy atom. The number of aromatic carboxylic acids is 1. The van der Waals surface area contributed by atoms with Gasteiger partial charge < -0.3 is 16.2 Å². The monoisotopic (exact) mass is 340 g/mol. The first-order valence-electron chi connectivity index (χ1n) is 5.32. The molecule has 0 aliphatic carbocycles. The first-order valence-corrected chi connectivity index (χ1v) is 6.49. The van der Waals surface area contributed by atoms with Gasteiger partial charge in [0.25, 0.3) is 0 Å². The quantitative estimate of drug-likeness (QED) is 0.734. The summed E-state index contributed by atoms with van der Waals surface area (Å²) in [4.78, 5) is 11.1. The second-order valence-corrected chi connectivity index (χ2v) is 5.18. The van der Waals surface area contributed by atoms with Gasteiger partial charge >= 0.3 is 5.97 Å². The number of benzene rings is 2. The first kappa shape index (κ1) is 13.7. The highest BCUT2D eigenvalue weighted by atomic mass is 79.9. The van der Waals surface area contributed by atoms with Gasteiger partial charge in [-0.15, -0.1) is 0 Å². The number of anilines is 3. The summed E-state index contributed by atoms with van der Waals surface area (Å²) in [5, 5.41) is 12.6. The summed E-state index contributed by atoms with van der Waals surface area (Å²) in [7, 11) is 0. The normalized spacial score (nSPS) is 10.2. The molecular formula is C13H10BrClN2O2. The van der Waals surface area contributed by atoms with Crippen LogP contribution in [0.2, 0.25) is 5.02 Å². The van der Waals surface area contributed by atoms with Crippen molar-refractivity contribution in [1.82, 2.24) is 0 Å². The number of nitrogen functional groups attached to an aromatic ring is 1. The molecule has 0 amide bonds. The molecule has 98 valence electrons.